The van der Waals surface area contributed by atoms with E-state index in [1.54, 1.807) is 6.92 Å². The van der Waals surface area contributed by atoms with Crippen LogP contribution >= 0.6 is 0 Å². The third-order valence-corrected chi connectivity index (χ3v) is 1.74. The Balaban J connectivity index is 3.74. The van der Waals surface area contributed by atoms with Crippen LogP contribution < -0.4 is 5.32 Å². The predicted octanol–water partition coefficient (Wildman–Crippen LogP) is -0.277. The molecule has 0 aliphatic heterocycles. The Morgan fingerprint density at radius 2 is 2.00 bits per heavy atom. The van der Waals surface area contributed by atoms with Crippen molar-refractivity contribution in [2.45, 2.75) is 32.6 Å². The van der Waals surface area contributed by atoms with Crippen molar-refractivity contribution in [1.82, 2.24) is 5.32 Å². The SMILES string of the molecule is COC(=O)C(C)NC(=O)CC[B]C(C)=O. The van der Waals surface area contributed by atoms with E-state index >= 15 is 0 Å². The van der Waals surface area contributed by atoms with Crippen molar-refractivity contribution in [3.63, 3.8) is 0 Å². The molecule has 0 aliphatic carbocycles. The molecule has 0 heterocycles. The van der Waals surface area contributed by atoms with Crippen LogP contribution in [0.5, 0.6) is 0 Å². The number of hydrogen-bond acceptors (Lipinski definition) is 4. The third kappa shape index (κ3) is 6.71. The minimum Gasteiger partial charge on any atom is -0.467 e. The molecule has 0 spiro atoms. The van der Waals surface area contributed by atoms with E-state index in [2.05, 4.69) is 10.1 Å². The van der Waals surface area contributed by atoms with Gasteiger partial charge in [-0.3, -0.25) is 4.79 Å². The second-order valence-electron chi connectivity index (χ2n) is 3.17. The summed E-state index contributed by atoms with van der Waals surface area (Å²) in [6, 6.07) is -0.653. The minimum atomic E-state index is -0.653. The maximum Gasteiger partial charge on any atom is 0.328 e. The van der Waals surface area contributed by atoms with Gasteiger partial charge in [0.15, 0.2) is 0 Å². The third-order valence-electron chi connectivity index (χ3n) is 1.74. The molecule has 1 N–H and O–H groups in total. The number of carbonyl (C=O) groups is 3. The number of nitrogens with one attached hydrogen (secondary N) is 1. The van der Waals surface area contributed by atoms with Crippen LogP contribution in [0.25, 0.3) is 0 Å². The average Bonchev–Trinajstić information content (AvgIpc) is 2.15. The van der Waals surface area contributed by atoms with Crippen LogP contribution in [0.3, 0.4) is 0 Å². The molecule has 0 aromatic rings. The van der Waals surface area contributed by atoms with Crippen LogP contribution in [0.15, 0.2) is 0 Å². The monoisotopic (exact) mass is 212 g/mol. The normalized spacial score (nSPS) is 11.4. The number of rotatable bonds is 6. The lowest BCUT2D eigenvalue weighted by Gasteiger charge is -2.10. The highest BCUT2D eigenvalue weighted by molar-refractivity contribution is 6.73. The van der Waals surface area contributed by atoms with Crippen molar-refractivity contribution in [2.24, 2.45) is 0 Å². The van der Waals surface area contributed by atoms with Gasteiger partial charge in [-0.25, -0.2) is 4.79 Å². The molecule has 0 aromatic carbocycles. The van der Waals surface area contributed by atoms with E-state index < -0.39 is 12.0 Å². The number of methoxy groups -OCH3 is 1. The first-order chi connectivity index (χ1) is 6.97. The molecule has 1 atom stereocenters. The Kier molecular flexibility index (Phi) is 6.41. The van der Waals surface area contributed by atoms with E-state index in [0.29, 0.717) is 6.32 Å². The molecule has 0 fully saturated rings. The summed E-state index contributed by atoms with van der Waals surface area (Å²) < 4.78 is 4.44. The highest BCUT2D eigenvalue weighted by atomic mass is 16.5. The van der Waals surface area contributed by atoms with E-state index in [9.17, 15) is 14.4 Å². The Bertz CT molecular complexity index is 254. The molecule has 1 radical (unpaired) electrons. The molecule has 6 heteroatoms. The summed E-state index contributed by atoms with van der Waals surface area (Å²) in [5, 5.41) is 2.46. The van der Waals surface area contributed by atoms with Crippen molar-refractivity contribution in [2.75, 3.05) is 7.11 Å². The van der Waals surface area contributed by atoms with Gasteiger partial charge in [-0.05, 0) is 13.8 Å². The van der Waals surface area contributed by atoms with Crippen LogP contribution in [0.4, 0.5) is 0 Å². The lowest BCUT2D eigenvalue weighted by Crippen LogP contribution is -2.39. The number of carbonyl (C=O) groups excluding carboxylic acids is 3. The quantitative estimate of drug-likeness (QED) is 0.485. The van der Waals surface area contributed by atoms with Crippen LogP contribution in [0, 0.1) is 0 Å². The van der Waals surface area contributed by atoms with E-state index in [-0.39, 0.29) is 18.0 Å². The van der Waals surface area contributed by atoms with Crippen molar-refractivity contribution >= 4 is 24.8 Å². The summed E-state index contributed by atoms with van der Waals surface area (Å²) >= 11 is 0. The Morgan fingerprint density at radius 1 is 1.40 bits per heavy atom. The second kappa shape index (κ2) is 7.03. The summed E-state index contributed by atoms with van der Waals surface area (Å²) in [7, 11) is 2.69. The molecule has 1 amide bonds. The zero-order valence-corrected chi connectivity index (χ0v) is 9.20. The molecule has 0 saturated heterocycles. The smallest absolute Gasteiger partial charge is 0.328 e. The standard InChI is InChI=1S/C9H15BNO4/c1-6(9(14)15-3)11-8(13)4-5-10-7(2)12/h6H,4-5H2,1-3H3,(H,11,13). The molecule has 0 saturated carbocycles. The van der Waals surface area contributed by atoms with E-state index in [4.69, 9.17) is 0 Å². The van der Waals surface area contributed by atoms with Gasteiger partial charge < -0.3 is 14.8 Å². The Morgan fingerprint density at radius 3 is 2.47 bits per heavy atom. The van der Waals surface area contributed by atoms with Gasteiger partial charge in [0.1, 0.15) is 6.04 Å². The number of esters is 1. The lowest BCUT2D eigenvalue weighted by molar-refractivity contribution is -0.144. The maximum absolute atomic E-state index is 11.2. The molecule has 1 unspecified atom stereocenters. The number of ether oxygens (including phenoxy) is 1. The largest absolute Gasteiger partial charge is 0.467 e. The molecule has 0 aromatic heterocycles. The van der Waals surface area contributed by atoms with Gasteiger partial charge in [-0.1, -0.05) is 6.32 Å². The first-order valence-electron chi connectivity index (χ1n) is 4.68. The highest BCUT2D eigenvalue weighted by Crippen LogP contribution is 1.92. The number of hydrogen-bond donors (Lipinski definition) is 1. The van der Waals surface area contributed by atoms with Gasteiger partial charge in [0.2, 0.25) is 13.2 Å². The first-order valence-corrected chi connectivity index (χ1v) is 4.68. The molecular weight excluding hydrogens is 197 g/mol. The first kappa shape index (κ1) is 13.7. The van der Waals surface area contributed by atoms with Gasteiger partial charge in [-0.15, -0.1) is 0 Å². The predicted molar refractivity (Wildman–Crippen MR) is 55.5 cm³/mol. The molecular formula is C9H15BNO4. The zero-order valence-electron chi connectivity index (χ0n) is 9.20. The summed E-state index contributed by atoms with van der Waals surface area (Å²) in [5.74, 6) is -0.760. The highest BCUT2D eigenvalue weighted by Gasteiger charge is 2.15. The lowest BCUT2D eigenvalue weighted by atomic mass is 9.69. The molecule has 0 rings (SSSR count). The van der Waals surface area contributed by atoms with Gasteiger partial charge in [-0.2, -0.15) is 0 Å². The summed E-state index contributed by atoms with van der Waals surface area (Å²) in [6.07, 6.45) is 0.579. The van der Waals surface area contributed by atoms with Crippen LogP contribution in [-0.2, 0) is 19.1 Å². The molecule has 0 bridgehead atoms. The summed E-state index contributed by atoms with van der Waals surface area (Å²) in [5.41, 5.74) is -0.0659. The fraction of sp³-hybridized carbons (Fsp3) is 0.667. The van der Waals surface area contributed by atoms with Crippen LogP contribution in [0.1, 0.15) is 20.3 Å². The van der Waals surface area contributed by atoms with Crippen molar-refractivity contribution in [3.05, 3.63) is 0 Å². The fourth-order valence-electron chi connectivity index (χ4n) is 0.956. The summed E-state index contributed by atoms with van der Waals surface area (Å²) in [4.78, 5) is 32.7. The van der Waals surface area contributed by atoms with E-state index in [1.165, 1.54) is 21.3 Å². The number of amides is 1. The topological polar surface area (TPSA) is 72.5 Å². The van der Waals surface area contributed by atoms with Crippen LogP contribution in [-0.4, -0.2) is 38.0 Å². The van der Waals surface area contributed by atoms with Gasteiger partial charge >= 0.3 is 5.97 Å². The van der Waals surface area contributed by atoms with E-state index in [1.807, 2.05) is 0 Å². The van der Waals surface area contributed by atoms with Gasteiger partial charge in [0.25, 0.3) is 0 Å². The second-order valence-corrected chi connectivity index (χ2v) is 3.17. The van der Waals surface area contributed by atoms with Crippen molar-refractivity contribution in [3.8, 4) is 0 Å². The van der Waals surface area contributed by atoms with Crippen molar-refractivity contribution < 1.29 is 19.1 Å². The van der Waals surface area contributed by atoms with Crippen molar-refractivity contribution in [1.29, 1.82) is 0 Å². The van der Waals surface area contributed by atoms with E-state index in [0.717, 1.165) is 0 Å². The maximum atomic E-state index is 11.2. The summed E-state index contributed by atoms with van der Waals surface area (Å²) in [6.45, 7) is 2.97. The Labute approximate surface area is 89.8 Å². The minimum absolute atomic E-state index is 0.0659. The van der Waals surface area contributed by atoms with Gasteiger partial charge in [0.05, 0.1) is 12.8 Å². The molecule has 5 nitrogen and oxygen atoms in total. The average molecular weight is 212 g/mol. The fourth-order valence-corrected chi connectivity index (χ4v) is 0.956. The Hall–Kier alpha value is -1.33. The molecule has 15 heavy (non-hydrogen) atoms. The van der Waals surface area contributed by atoms with Gasteiger partial charge in [0, 0.05) is 6.42 Å². The molecule has 0 aliphatic rings. The zero-order chi connectivity index (χ0) is 11.8. The molecule has 83 valence electrons. The van der Waals surface area contributed by atoms with Crippen LogP contribution in [0.2, 0.25) is 6.32 Å².